The molecule has 0 radical (unpaired) electrons. The van der Waals surface area contributed by atoms with Crippen LogP contribution in [-0.4, -0.2) is 25.4 Å². The van der Waals surface area contributed by atoms with Crippen molar-refractivity contribution < 1.29 is 51.6 Å². The third kappa shape index (κ3) is 8.81. The molecule has 0 aliphatic heterocycles. The van der Waals surface area contributed by atoms with Gasteiger partial charge >= 0.3 is 0 Å². The van der Waals surface area contributed by atoms with Crippen LogP contribution in [0.5, 0.6) is 0 Å². The van der Waals surface area contributed by atoms with E-state index in [1.807, 2.05) is 0 Å². The van der Waals surface area contributed by atoms with Gasteiger partial charge in [0.25, 0.3) is 0 Å². The summed E-state index contributed by atoms with van der Waals surface area (Å²) in [6.45, 7) is -0.210. The molecule has 0 heterocycles. The summed E-state index contributed by atoms with van der Waals surface area (Å²) in [5, 5.41) is 26.6. The number of nitrogens with one attached hydrogen (secondary N) is 2. The topological polar surface area (TPSA) is 84.5 Å². The third-order valence-corrected chi connectivity index (χ3v) is 0.771. The quantitative estimate of drug-likeness (QED) is 0.449. The van der Waals surface area contributed by atoms with Crippen molar-refractivity contribution in [3.05, 3.63) is 10.4 Å². The Morgan fingerprint density at radius 3 is 2.20 bits per heavy atom. The van der Waals surface area contributed by atoms with E-state index in [2.05, 4.69) is 4.84 Å². The van der Waals surface area contributed by atoms with Gasteiger partial charge in [0.2, 0.25) is 0 Å². The van der Waals surface area contributed by atoms with Crippen molar-refractivity contribution in [3.63, 3.8) is 0 Å². The molecule has 0 aromatic rings. The van der Waals surface area contributed by atoms with Gasteiger partial charge in [0.05, 0.1) is 7.11 Å². The van der Waals surface area contributed by atoms with E-state index in [1.54, 1.807) is 0 Å². The minimum Gasteiger partial charge on any atom is -0.600 e. The Hall–Kier alpha value is 0.812. The molecule has 60 valence electrons. The Labute approximate surface area is 82.2 Å². The smallest absolute Gasteiger partial charge is 0.159 e. The van der Waals surface area contributed by atoms with Crippen molar-refractivity contribution >= 4 is 0 Å². The zero-order valence-corrected chi connectivity index (χ0v) is 9.75. The average molecular weight is 376 g/mol. The molecule has 7 heteroatoms. The van der Waals surface area contributed by atoms with Crippen LogP contribution < -0.4 is 10.5 Å². The molecular weight excluding hydrogens is 366 g/mol. The number of hydroxylamine groups is 4. The molecular formula is C3H10N2O4U. The van der Waals surface area contributed by atoms with Crippen LogP contribution in [0.1, 0.15) is 0 Å². The van der Waals surface area contributed by atoms with Gasteiger partial charge in [-0.25, -0.2) is 20.5 Å². The summed E-state index contributed by atoms with van der Waals surface area (Å²) in [5.41, 5.74) is 0. The van der Waals surface area contributed by atoms with E-state index >= 15 is 0 Å². The SMILES string of the molecule is CO[NH+]([O-])CC[NH+]([O-])O.[U]. The second-order valence-corrected chi connectivity index (χ2v) is 1.47. The number of rotatable bonds is 4. The Bertz CT molecular complexity index is 73.5. The number of hydrogen-bond donors (Lipinski definition) is 3. The van der Waals surface area contributed by atoms with Crippen LogP contribution in [0, 0.1) is 41.5 Å². The molecule has 0 saturated heterocycles. The largest absolute Gasteiger partial charge is 0.600 e. The van der Waals surface area contributed by atoms with E-state index in [9.17, 15) is 10.4 Å². The molecule has 0 aliphatic rings. The summed E-state index contributed by atoms with van der Waals surface area (Å²) in [6, 6.07) is 0. The number of hydrogen-bond acceptors (Lipinski definition) is 4. The van der Waals surface area contributed by atoms with Crippen molar-refractivity contribution in [2.24, 2.45) is 0 Å². The van der Waals surface area contributed by atoms with E-state index in [4.69, 9.17) is 5.21 Å². The first-order chi connectivity index (χ1) is 4.16. The predicted octanol–water partition coefficient (Wildman–Crippen LogP) is -3.30. The summed E-state index contributed by atoms with van der Waals surface area (Å²) < 4.78 is 0. The molecule has 0 fully saturated rings. The fourth-order valence-electron chi connectivity index (χ4n) is 0.311. The van der Waals surface area contributed by atoms with Crippen molar-refractivity contribution in [2.75, 3.05) is 20.2 Å². The average Bonchev–Trinajstić information content (AvgIpc) is 1.83. The van der Waals surface area contributed by atoms with Crippen LogP contribution in [0.4, 0.5) is 0 Å². The van der Waals surface area contributed by atoms with E-state index in [1.165, 1.54) is 7.11 Å². The van der Waals surface area contributed by atoms with Gasteiger partial charge in [0, 0.05) is 31.1 Å². The van der Waals surface area contributed by atoms with Gasteiger partial charge in [0.1, 0.15) is 0 Å². The summed E-state index contributed by atoms with van der Waals surface area (Å²) in [5.74, 6) is 0. The molecule has 10 heavy (non-hydrogen) atoms. The molecule has 3 N–H and O–H groups in total. The fourth-order valence-corrected chi connectivity index (χ4v) is 0.311. The molecule has 0 bridgehead atoms. The molecule has 0 rings (SSSR count). The normalized spacial score (nSPS) is 15.6. The second kappa shape index (κ2) is 7.91. The van der Waals surface area contributed by atoms with Crippen molar-refractivity contribution in [1.29, 1.82) is 0 Å². The van der Waals surface area contributed by atoms with Crippen LogP contribution in [-0.2, 0) is 4.84 Å². The maximum Gasteiger partial charge on any atom is 0.159 e. The summed E-state index contributed by atoms with van der Waals surface area (Å²) in [4.78, 5) is 4.20. The Kier molecular flexibility index (Phi) is 10.6. The van der Waals surface area contributed by atoms with Gasteiger partial charge in [-0.05, 0) is 0 Å². The van der Waals surface area contributed by atoms with Gasteiger partial charge in [-0.1, -0.05) is 0 Å². The maximum atomic E-state index is 10.2. The molecule has 0 aromatic heterocycles. The molecule has 0 amide bonds. The third-order valence-electron chi connectivity index (χ3n) is 0.771. The first kappa shape index (κ1) is 13.4. The minimum atomic E-state index is -0.986. The standard InChI is InChI=1S/C3H10N2O4.U/c1-9-5(8)3-2-4(6)7;/h4-6H,2-3H2,1H3;. The van der Waals surface area contributed by atoms with Crippen molar-refractivity contribution in [3.8, 4) is 0 Å². The number of quaternary nitrogens is 2. The summed E-state index contributed by atoms with van der Waals surface area (Å²) >= 11 is 0. The molecule has 2 unspecified atom stereocenters. The molecule has 6 nitrogen and oxygen atoms in total. The second-order valence-electron chi connectivity index (χ2n) is 1.47. The van der Waals surface area contributed by atoms with Crippen LogP contribution in [0.25, 0.3) is 0 Å². The van der Waals surface area contributed by atoms with Crippen LogP contribution >= 0.6 is 0 Å². The Morgan fingerprint density at radius 2 is 1.90 bits per heavy atom. The van der Waals surface area contributed by atoms with Crippen molar-refractivity contribution in [1.82, 2.24) is 0 Å². The Morgan fingerprint density at radius 1 is 1.40 bits per heavy atom. The molecule has 2 atom stereocenters. The summed E-state index contributed by atoms with van der Waals surface area (Å²) in [7, 11) is 1.23. The van der Waals surface area contributed by atoms with Gasteiger partial charge in [-0.15, -0.1) is 0 Å². The Balaban J connectivity index is 0. The van der Waals surface area contributed by atoms with Crippen LogP contribution in [0.15, 0.2) is 0 Å². The monoisotopic (exact) mass is 376 g/mol. The molecule has 0 saturated carbocycles. The van der Waals surface area contributed by atoms with Crippen LogP contribution in [0.2, 0.25) is 0 Å². The van der Waals surface area contributed by atoms with Gasteiger partial charge in [-0.2, -0.15) is 0 Å². The van der Waals surface area contributed by atoms with E-state index < -0.39 is 10.5 Å². The zero-order chi connectivity index (χ0) is 7.28. The first-order valence-electron chi connectivity index (χ1n) is 2.45. The molecule has 0 spiro atoms. The fraction of sp³-hybridized carbons (Fsp3) is 1.00. The maximum absolute atomic E-state index is 10.2. The van der Waals surface area contributed by atoms with E-state index in [0.29, 0.717) is 0 Å². The van der Waals surface area contributed by atoms with Gasteiger partial charge < -0.3 is 10.4 Å². The molecule has 0 aromatic carbocycles. The molecule has 0 aliphatic carbocycles. The first-order valence-corrected chi connectivity index (χ1v) is 2.45. The zero-order valence-electron chi connectivity index (χ0n) is 5.59. The minimum absolute atomic E-state index is 0. The predicted molar refractivity (Wildman–Crippen MR) is 27.2 cm³/mol. The van der Waals surface area contributed by atoms with Crippen LogP contribution in [0.3, 0.4) is 0 Å². The van der Waals surface area contributed by atoms with Crippen molar-refractivity contribution in [2.45, 2.75) is 0 Å². The van der Waals surface area contributed by atoms with Gasteiger partial charge in [0.15, 0.2) is 13.1 Å². The van der Waals surface area contributed by atoms with E-state index in [0.717, 1.165) is 0 Å². The van der Waals surface area contributed by atoms with Gasteiger partial charge in [-0.3, -0.25) is 0 Å². The summed E-state index contributed by atoms with van der Waals surface area (Å²) in [6.07, 6.45) is 0. The van der Waals surface area contributed by atoms with E-state index in [-0.39, 0.29) is 44.2 Å².